The third kappa shape index (κ3) is 1.77. The van der Waals surface area contributed by atoms with Crippen molar-refractivity contribution in [3.63, 3.8) is 0 Å². The number of aromatic nitrogens is 1. The number of nitrogens with zero attached hydrogens (tertiary/aromatic N) is 1. The molecule has 0 aliphatic rings. The topological polar surface area (TPSA) is 76.2 Å². The zero-order valence-electron chi connectivity index (χ0n) is 8.60. The summed E-state index contributed by atoms with van der Waals surface area (Å²) in [6, 6.07) is 7.28. The second-order valence-electron chi connectivity index (χ2n) is 3.32. The monoisotopic (exact) mass is 234 g/mol. The number of aromatic carboxylic acids is 1. The highest BCUT2D eigenvalue weighted by molar-refractivity contribution is 7.15. The molecule has 0 amide bonds. The fourth-order valence-corrected chi connectivity index (χ4v) is 2.35. The van der Waals surface area contributed by atoms with Crippen LogP contribution in [0.25, 0.3) is 10.6 Å². The largest absolute Gasteiger partial charge is 0.476 e. The third-order valence-electron chi connectivity index (χ3n) is 2.19. The smallest absolute Gasteiger partial charge is 0.355 e. The molecule has 0 saturated carbocycles. The highest BCUT2D eigenvalue weighted by Crippen LogP contribution is 2.31. The highest BCUT2D eigenvalue weighted by atomic mass is 32.1. The van der Waals surface area contributed by atoms with Crippen molar-refractivity contribution in [3.8, 4) is 10.6 Å². The van der Waals surface area contributed by atoms with E-state index < -0.39 is 5.97 Å². The molecule has 3 N–H and O–H groups in total. The third-order valence-corrected chi connectivity index (χ3v) is 3.19. The summed E-state index contributed by atoms with van der Waals surface area (Å²) in [5, 5.41) is 9.55. The number of hydrogen-bond donors (Lipinski definition) is 2. The van der Waals surface area contributed by atoms with Crippen LogP contribution < -0.4 is 5.73 Å². The summed E-state index contributed by atoms with van der Waals surface area (Å²) >= 11 is 1.34. The number of aryl methyl sites for hydroxylation is 1. The predicted octanol–water partition coefficient (Wildman–Crippen LogP) is 2.40. The Hall–Kier alpha value is -1.88. The zero-order chi connectivity index (χ0) is 11.7. The van der Waals surface area contributed by atoms with Gasteiger partial charge in [0.05, 0.1) is 0 Å². The van der Waals surface area contributed by atoms with E-state index in [1.807, 2.05) is 18.2 Å². The summed E-state index contributed by atoms with van der Waals surface area (Å²) in [7, 11) is 0. The van der Waals surface area contributed by atoms with E-state index in [0.29, 0.717) is 15.6 Å². The van der Waals surface area contributed by atoms with Gasteiger partial charge in [0, 0.05) is 16.1 Å². The van der Waals surface area contributed by atoms with Crippen molar-refractivity contribution in [1.82, 2.24) is 4.98 Å². The van der Waals surface area contributed by atoms with Crippen molar-refractivity contribution in [3.05, 3.63) is 34.8 Å². The van der Waals surface area contributed by atoms with Gasteiger partial charge in [0.25, 0.3) is 0 Å². The van der Waals surface area contributed by atoms with E-state index in [-0.39, 0.29) is 5.69 Å². The lowest BCUT2D eigenvalue weighted by atomic mass is 10.2. The van der Waals surface area contributed by atoms with Gasteiger partial charge >= 0.3 is 5.97 Å². The van der Waals surface area contributed by atoms with Crippen molar-refractivity contribution in [1.29, 1.82) is 0 Å². The Morgan fingerprint density at radius 3 is 2.69 bits per heavy atom. The lowest BCUT2D eigenvalue weighted by Gasteiger charge is -1.99. The Bertz CT molecular complexity index is 549. The average Bonchev–Trinajstić information content (AvgIpc) is 2.61. The maximum Gasteiger partial charge on any atom is 0.355 e. The lowest BCUT2D eigenvalue weighted by Crippen LogP contribution is -1.98. The zero-order valence-corrected chi connectivity index (χ0v) is 9.41. The molecule has 4 nitrogen and oxygen atoms in total. The Morgan fingerprint density at radius 1 is 1.44 bits per heavy atom. The Kier molecular flexibility index (Phi) is 2.62. The molecule has 0 spiro atoms. The molecule has 5 heteroatoms. The van der Waals surface area contributed by atoms with Crippen molar-refractivity contribution in [2.45, 2.75) is 6.92 Å². The summed E-state index contributed by atoms with van der Waals surface area (Å²) in [6.07, 6.45) is 0. The first kappa shape index (κ1) is 10.6. The Balaban J connectivity index is 2.54. The van der Waals surface area contributed by atoms with Crippen LogP contribution in [-0.4, -0.2) is 16.1 Å². The van der Waals surface area contributed by atoms with Crippen LogP contribution in [0, 0.1) is 6.92 Å². The Labute approximate surface area is 96.4 Å². The molecule has 2 aromatic rings. The maximum absolute atomic E-state index is 10.9. The fourth-order valence-electron chi connectivity index (χ4n) is 1.40. The number of nitrogen functional groups attached to an aromatic ring is 1. The van der Waals surface area contributed by atoms with Crippen LogP contribution in [0.4, 0.5) is 5.69 Å². The van der Waals surface area contributed by atoms with Gasteiger partial charge in [-0.1, -0.05) is 12.1 Å². The number of hydrogen-bond acceptors (Lipinski definition) is 4. The number of carboxylic acid groups (broad SMARTS) is 1. The molecule has 82 valence electrons. The molecule has 0 atom stereocenters. The highest BCUT2D eigenvalue weighted by Gasteiger charge is 2.15. The number of carbonyl (C=O) groups is 1. The number of nitrogens with two attached hydrogens (primary N) is 1. The summed E-state index contributed by atoms with van der Waals surface area (Å²) in [5.41, 5.74) is 7.29. The summed E-state index contributed by atoms with van der Waals surface area (Å²) in [5.74, 6) is -1.01. The SMILES string of the molecule is Cc1sc(-c2ccccc2N)nc1C(=O)O. The second kappa shape index (κ2) is 3.94. The lowest BCUT2D eigenvalue weighted by molar-refractivity contribution is 0.0690. The molecule has 0 fully saturated rings. The fraction of sp³-hybridized carbons (Fsp3) is 0.0909. The Morgan fingerprint density at radius 2 is 2.12 bits per heavy atom. The van der Waals surface area contributed by atoms with E-state index in [9.17, 15) is 4.79 Å². The molecular formula is C11H10N2O2S. The number of carboxylic acids is 1. The number of anilines is 1. The number of rotatable bonds is 2. The van der Waals surface area contributed by atoms with Crippen molar-refractivity contribution in [2.24, 2.45) is 0 Å². The van der Waals surface area contributed by atoms with Crippen molar-refractivity contribution < 1.29 is 9.90 Å². The second-order valence-corrected chi connectivity index (χ2v) is 4.52. The predicted molar refractivity (Wildman–Crippen MR) is 63.7 cm³/mol. The van der Waals surface area contributed by atoms with Crippen molar-refractivity contribution >= 4 is 23.0 Å². The van der Waals surface area contributed by atoms with Gasteiger partial charge in [-0.2, -0.15) is 0 Å². The molecule has 0 aliphatic carbocycles. The number of para-hydroxylation sites is 1. The van der Waals surface area contributed by atoms with E-state index in [1.165, 1.54) is 11.3 Å². The van der Waals surface area contributed by atoms with E-state index in [2.05, 4.69) is 4.98 Å². The van der Waals surface area contributed by atoms with E-state index in [1.54, 1.807) is 13.0 Å². The van der Waals surface area contributed by atoms with Crippen LogP contribution in [0.1, 0.15) is 15.4 Å². The molecule has 0 unspecified atom stereocenters. The van der Waals surface area contributed by atoms with Gasteiger partial charge in [-0.3, -0.25) is 0 Å². The first-order valence-corrected chi connectivity index (χ1v) is 5.47. The van der Waals surface area contributed by atoms with Gasteiger partial charge in [0.1, 0.15) is 5.01 Å². The molecule has 1 aromatic heterocycles. The molecule has 0 aliphatic heterocycles. The van der Waals surface area contributed by atoms with Crippen LogP contribution in [0.5, 0.6) is 0 Å². The van der Waals surface area contributed by atoms with E-state index >= 15 is 0 Å². The maximum atomic E-state index is 10.9. The van der Waals surface area contributed by atoms with Gasteiger partial charge in [0.2, 0.25) is 0 Å². The van der Waals surface area contributed by atoms with Crippen LogP contribution in [-0.2, 0) is 0 Å². The van der Waals surface area contributed by atoms with Crippen LogP contribution in [0.2, 0.25) is 0 Å². The molecular weight excluding hydrogens is 224 g/mol. The van der Waals surface area contributed by atoms with Crippen molar-refractivity contribution in [2.75, 3.05) is 5.73 Å². The molecule has 16 heavy (non-hydrogen) atoms. The molecule has 0 radical (unpaired) electrons. The minimum absolute atomic E-state index is 0.100. The van der Waals surface area contributed by atoms with Crippen LogP contribution >= 0.6 is 11.3 Å². The molecule has 1 heterocycles. The summed E-state index contributed by atoms with van der Waals surface area (Å²) < 4.78 is 0. The number of benzene rings is 1. The van der Waals surface area contributed by atoms with Gasteiger partial charge in [-0.05, 0) is 19.1 Å². The normalized spacial score (nSPS) is 10.3. The van der Waals surface area contributed by atoms with Crippen LogP contribution in [0.15, 0.2) is 24.3 Å². The first-order valence-electron chi connectivity index (χ1n) is 4.65. The standard InChI is InChI=1S/C11H10N2O2S/c1-6-9(11(14)15)13-10(16-6)7-4-2-3-5-8(7)12/h2-5H,12H2,1H3,(H,14,15). The number of thiazole rings is 1. The van der Waals surface area contributed by atoms with E-state index in [0.717, 1.165) is 5.56 Å². The van der Waals surface area contributed by atoms with Gasteiger partial charge in [-0.25, -0.2) is 9.78 Å². The molecule has 0 bridgehead atoms. The first-order chi connectivity index (χ1) is 7.59. The summed E-state index contributed by atoms with van der Waals surface area (Å²) in [4.78, 5) is 15.6. The molecule has 1 aromatic carbocycles. The van der Waals surface area contributed by atoms with Gasteiger partial charge in [0.15, 0.2) is 5.69 Å². The molecule has 0 saturated heterocycles. The summed E-state index contributed by atoms with van der Waals surface area (Å²) in [6.45, 7) is 1.74. The minimum atomic E-state index is -1.01. The van der Waals surface area contributed by atoms with E-state index in [4.69, 9.17) is 10.8 Å². The van der Waals surface area contributed by atoms with Gasteiger partial charge in [-0.15, -0.1) is 11.3 Å². The molecule has 2 rings (SSSR count). The quantitative estimate of drug-likeness (QED) is 0.782. The average molecular weight is 234 g/mol. The van der Waals surface area contributed by atoms with Gasteiger partial charge < -0.3 is 10.8 Å². The minimum Gasteiger partial charge on any atom is -0.476 e. The van der Waals surface area contributed by atoms with Crippen LogP contribution in [0.3, 0.4) is 0 Å².